The quantitative estimate of drug-likeness (QED) is 0.825. The van der Waals surface area contributed by atoms with Crippen molar-refractivity contribution in [2.75, 3.05) is 13.1 Å². The molecule has 1 aliphatic rings. The standard InChI is InChI=1S/C11H13BrFNO/c12-9-5-8(11(15)6-10(9)13)7-1-3-14-4-2-7/h5-7,14-15H,1-4H2. The fourth-order valence-electron chi connectivity index (χ4n) is 2.01. The van der Waals surface area contributed by atoms with Gasteiger partial charge in [-0.05, 0) is 59.4 Å². The Balaban J connectivity index is 2.30. The molecule has 0 bridgehead atoms. The molecule has 1 saturated heterocycles. The summed E-state index contributed by atoms with van der Waals surface area (Å²) in [7, 11) is 0. The van der Waals surface area contributed by atoms with Gasteiger partial charge in [0, 0.05) is 6.07 Å². The van der Waals surface area contributed by atoms with E-state index in [2.05, 4.69) is 21.2 Å². The van der Waals surface area contributed by atoms with E-state index in [1.54, 1.807) is 6.07 Å². The predicted octanol–water partition coefficient (Wildman–Crippen LogP) is 2.76. The maximum absolute atomic E-state index is 13.1. The van der Waals surface area contributed by atoms with E-state index < -0.39 is 5.82 Å². The lowest BCUT2D eigenvalue weighted by Gasteiger charge is -2.23. The third-order valence-electron chi connectivity index (χ3n) is 2.85. The molecule has 0 atom stereocenters. The van der Waals surface area contributed by atoms with Crippen molar-refractivity contribution in [2.45, 2.75) is 18.8 Å². The maximum Gasteiger partial charge on any atom is 0.141 e. The molecule has 2 rings (SSSR count). The zero-order valence-corrected chi connectivity index (χ0v) is 9.85. The van der Waals surface area contributed by atoms with Crippen LogP contribution in [0.5, 0.6) is 5.75 Å². The Morgan fingerprint density at radius 2 is 2.00 bits per heavy atom. The minimum absolute atomic E-state index is 0.0719. The minimum Gasteiger partial charge on any atom is -0.508 e. The summed E-state index contributed by atoms with van der Waals surface area (Å²) in [6.45, 7) is 1.91. The molecule has 15 heavy (non-hydrogen) atoms. The van der Waals surface area contributed by atoms with Crippen LogP contribution in [0.4, 0.5) is 4.39 Å². The third kappa shape index (κ3) is 2.32. The molecule has 82 valence electrons. The Labute approximate surface area is 96.6 Å². The second kappa shape index (κ2) is 4.49. The lowest BCUT2D eigenvalue weighted by Crippen LogP contribution is -2.26. The number of phenols is 1. The predicted molar refractivity (Wildman–Crippen MR) is 60.6 cm³/mol. The molecule has 1 heterocycles. The lowest BCUT2D eigenvalue weighted by molar-refractivity contribution is 0.421. The van der Waals surface area contributed by atoms with E-state index in [9.17, 15) is 9.50 Å². The molecule has 0 amide bonds. The molecule has 0 aromatic heterocycles. The lowest BCUT2D eigenvalue weighted by atomic mass is 9.89. The Kier molecular flexibility index (Phi) is 3.26. The van der Waals surface area contributed by atoms with Gasteiger partial charge in [0.1, 0.15) is 11.6 Å². The highest BCUT2D eigenvalue weighted by Crippen LogP contribution is 2.35. The number of hydrogen-bond donors (Lipinski definition) is 2. The van der Waals surface area contributed by atoms with Gasteiger partial charge in [-0.15, -0.1) is 0 Å². The van der Waals surface area contributed by atoms with Crippen LogP contribution < -0.4 is 5.32 Å². The molecular formula is C11H13BrFNO. The number of aromatic hydroxyl groups is 1. The monoisotopic (exact) mass is 273 g/mol. The number of nitrogens with one attached hydrogen (secondary N) is 1. The number of hydrogen-bond acceptors (Lipinski definition) is 2. The van der Waals surface area contributed by atoms with Gasteiger partial charge in [-0.1, -0.05) is 0 Å². The van der Waals surface area contributed by atoms with Crippen molar-refractivity contribution in [3.63, 3.8) is 0 Å². The number of piperidine rings is 1. The highest BCUT2D eigenvalue weighted by molar-refractivity contribution is 9.10. The molecule has 0 aliphatic carbocycles. The van der Waals surface area contributed by atoms with Gasteiger partial charge in [-0.25, -0.2) is 4.39 Å². The molecule has 0 saturated carbocycles. The first-order valence-corrected chi connectivity index (χ1v) is 5.86. The molecular weight excluding hydrogens is 261 g/mol. The van der Waals surface area contributed by atoms with Crippen LogP contribution in [0.25, 0.3) is 0 Å². The van der Waals surface area contributed by atoms with Crippen molar-refractivity contribution in [1.29, 1.82) is 0 Å². The number of rotatable bonds is 1. The summed E-state index contributed by atoms with van der Waals surface area (Å²) in [5, 5.41) is 12.9. The fourth-order valence-corrected chi connectivity index (χ4v) is 2.37. The first-order valence-electron chi connectivity index (χ1n) is 5.07. The van der Waals surface area contributed by atoms with E-state index in [4.69, 9.17) is 0 Å². The van der Waals surface area contributed by atoms with E-state index in [1.165, 1.54) is 6.07 Å². The van der Waals surface area contributed by atoms with Crippen LogP contribution in [0.3, 0.4) is 0 Å². The highest BCUT2D eigenvalue weighted by atomic mass is 79.9. The first kappa shape index (κ1) is 10.9. The maximum atomic E-state index is 13.1. The second-order valence-electron chi connectivity index (χ2n) is 3.85. The van der Waals surface area contributed by atoms with Crippen molar-refractivity contribution in [1.82, 2.24) is 5.32 Å². The van der Waals surface area contributed by atoms with Crippen LogP contribution in [0, 0.1) is 5.82 Å². The third-order valence-corrected chi connectivity index (χ3v) is 3.46. The Hall–Kier alpha value is -0.610. The second-order valence-corrected chi connectivity index (χ2v) is 4.70. The smallest absolute Gasteiger partial charge is 0.141 e. The summed E-state index contributed by atoms with van der Waals surface area (Å²) in [5.41, 5.74) is 0.852. The van der Waals surface area contributed by atoms with Gasteiger partial charge in [0.2, 0.25) is 0 Å². The fraction of sp³-hybridized carbons (Fsp3) is 0.455. The van der Waals surface area contributed by atoms with E-state index in [1.807, 2.05) is 0 Å². The van der Waals surface area contributed by atoms with Gasteiger partial charge in [-0.2, -0.15) is 0 Å². The number of halogens is 2. The SMILES string of the molecule is Oc1cc(F)c(Br)cc1C1CCNCC1. The van der Waals surface area contributed by atoms with E-state index >= 15 is 0 Å². The van der Waals surface area contributed by atoms with Gasteiger partial charge in [-0.3, -0.25) is 0 Å². The largest absolute Gasteiger partial charge is 0.508 e. The van der Waals surface area contributed by atoms with Gasteiger partial charge in [0.15, 0.2) is 0 Å². The molecule has 0 radical (unpaired) electrons. The summed E-state index contributed by atoms with van der Waals surface area (Å²) in [5.74, 6) is -0.00376. The van der Waals surface area contributed by atoms with Gasteiger partial charge in [0.05, 0.1) is 4.47 Å². The summed E-state index contributed by atoms with van der Waals surface area (Å²) in [6, 6.07) is 2.88. The Morgan fingerprint density at radius 3 is 2.67 bits per heavy atom. The summed E-state index contributed by atoms with van der Waals surface area (Å²) in [4.78, 5) is 0. The van der Waals surface area contributed by atoms with Crippen LogP contribution in [-0.4, -0.2) is 18.2 Å². The van der Waals surface area contributed by atoms with Crippen LogP contribution in [0.1, 0.15) is 24.3 Å². The summed E-state index contributed by atoms with van der Waals surface area (Å²) in [6.07, 6.45) is 1.98. The van der Waals surface area contributed by atoms with Crippen LogP contribution in [-0.2, 0) is 0 Å². The topological polar surface area (TPSA) is 32.3 Å². The average molecular weight is 274 g/mol. The van der Waals surface area contributed by atoms with Crippen molar-refractivity contribution in [3.8, 4) is 5.75 Å². The van der Waals surface area contributed by atoms with Crippen LogP contribution in [0.2, 0.25) is 0 Å². The molecule has 0 spiro atoms. The number of phenolic OH excluding ortho intramolecular Hbond substituents is 1. The normalized spacial score (nSPS) is 18.0. The van der Waals surface area contributed by atoms with Crippen molar-refractivity contribution in [2.24, 2.45) is 0 Å². The Morgan fingerprint density at radius 1 is 1.33 bits per heavy atom. The molecule has 1 aromatic rings. The minimum atomic E-state index is -0.412. The molecule has 2 nitrogen and oxygen atoms in total. The molecule has 4 heteroatoms. The van der Waals surface area contributed by atoms with E-state index in [0.29, 0.717) is 10.4 Å². The summed E-state index contributed by atoms with van der Waals surface area (Å²) >= 11 is 3.15. The Bertz CT molecular complexity index is 364. The number of benzene rings is 1. The molecule has 1 aromatic carbocycles. The molecule has 0 unspecified atom stereocenters. The van der Waals surface area contributed by atoms with Gasteiger partial charge >= 0.3 is 0 Å². The van der Waals surface area contributed by atoms with Crippen molar-refractivity contribution >= 4 is 15.9 Å². The zero-order chi connectivity index (χ0) is 10.8. The van der Waals surface area contributed by atoms with Crippen LogP contribution in [0.15, 0.2) is 16.6 Å². The molecule has 1 aliphatic heterocycles. The van der Waals surface area contributed by atoms with E-state index in [-0.39, 0.29) is 5.75 Å². The summed E-state index contributed by atoms with van der Waals surface area (Å²) < 4.78 is 13.5. The van der Waals surface area contributed by atoms with E-state index in [0.717, 1.165) is 31.5 Å². The van der Waals surface area contributed by atoms with Gasteiger partial charge < -0.3 is 10.4 Å². The zero-order valence-electron chi connectivity index (χ0n) is 8.26. The molecule has 1 fully saturated rings. The van der Waals surface area contributed by atoms with Crippen LogP contribution >= 0.6 is 15.9 Å². The van der Waals surface area contributed by atoms with Crippen molar-refractivity contribution in [3.05, 3.63) is 28.0 Å². The average Bonchev–Trinajstić information content (AvgIpc) is 2.25. The first-order chi connectivity index (χ1) is 7.18. The van der Waals surface area contributed by atoms with Crippen molar-refractivity contribution < 1.29 is 9.50 Å². The molecule has 2 N–H and O–H groups in total. The van der Waals surface area contributed by atoms with Gasteiger partial charge in [0.25, 0.3) is 0 Å². The highest BCUT2D eigenvalue weighted by Gasteiger charge is 2.19.